The van der Waals surface area contributed by atoms with Crippen LogP contribution in [0.15, 0.2) is 78.9 Å². The summed E-state index contributed by atoms with van der Waals surface area (Å²) in [6, 6.07) is 28.1. The van der Waals surface area contributed by atoms with Gasteiger partial charge in [0.05, 0.1) is 19.6 Å². The Morgan fingerprint density at radius 3 is 1.93 bits per heavy atom. The van der Waals surface area contributed by atoms with Gasteiger partial charge in [0.25, 0.3) is 5.91 Å². The predicted molar refractivity (Wildman–Crippen MR) is 172 cm³/mol. The molecule has 1 amide bonds. The molecule has 4 aromatic rings. The fourth-order valence-electron chi connectivity index (χ4n) is 7.08. The highest BCUT2D eigenvalue weighted by Gasteiger charge is 2.30. The number of likely N-dealkylation sites (tertiary alicyclic amines) is 1. The molecule has 3 nitrogen and oxygen atoms in total. The van der Waals surface area contributed by atoms with Gasteiger partial charge in [-0.3, -0.25) is 4.79 Å². The number of benzene rings is 4. The molecule has 5 rings (SSSR count). The molecule has 0 atom stereocenters. The Balaban J connectivity index is 0.00000405. The lowest BCUT2D eigenvalue weighted by molar-refractivity contribution is -0.945. The van der Waals surface area contributed by atoms with Crippen molar-refractivity contribution in [3.8, 4) is 0 Å². The van der Waals surface area contributed by atoms with E-state index in [1.54, 1.807) is 0 Å². The lowest BCUT2D eigenvalue weighted by Gasteiger charge is -2.42. The number of halogens is 1. The maximum Gasteiger partial charge on any atom is 0.254 e. The summed E-state index contributed by atoms with van der Waals surface area (Å²) in [4.78, 5) is 16.0. The van der Waals surface area contributed by atoms with E-state index in [1.165, 1.54) is 82.1 Å². The minimum Gasteiger partial charge on any atom is -1.00 e. The fourth-order valence-corrected chi connectivity index (χ4v) is 7.08. The van der Waals surface area contributed by atoms with Gasteiger partial charge in [-0.15, -0.1) is 0 Å². The quantitative estimate of drug-likeness (QED) is 0.163. The van der Waals surface area contributed by atoms with Gasteiger partial charge in [0.1, 0.15) is 6.54 Å². The monoisotopic (exact) mass is 626 g/mol. The van der Waals surface area contributed by atoms with Crippen LogP contribution in [0, 0.1) is 27.7 Å². The summed E-state index contributed by atoms with van der Waals surface area (Å²) in [6.45, 7) is 15.0. The van der Waals surface area contributed by atoms with Gasteiger partial charge in [0.2, 0.25) is 0 Å². The van der Waals surface area contributed by atoms with Crippen molar-refractivity contribution in [1.82, 2.24) is 4.90 Å². The largest absolute Gasteiger partial charge is 1.00 e. The molecule has 1 saturated heterocycles. The van der Waals surface area contributed by atoms with E-state index in [-0.39, 0.29) is 22.9 Å². The maximum atomic E-state index is 13.9. The minimum absolute atomic E-state index is 0. The third-order valence-corrected chi connectivity index (χ3v) is 8.81. The van der Waals surface area contributed by atoms with E-state index in [2.05, 4.69) is 93.3 Å². The Morgan fingerprint density at radius 1 is 0.690 bits per heavy atom. The number of nitrogens with zero attached hydrogens (tertiary/aromatic N) is 2. The van der Waals surface area contributed by atoms with Crippen molar-refractivity contribution in [2.75, 3.05) is 26.2 Å². The van der Waals surface area contributed by atoms with Gasteiger partial charge in [-0.1, -0.05) is 89.0 Å². The molecule has 0 aliphatic carbocycles. The van der Waals surface area contributed by atoms with Crippen LogP contribution in [0.2, 0.25) is 0 Å². The molecule has 1 fully saturated rings. The molecule has 222 valence electrons. The van der Waals surface area contributed by atoms with E-state index < -0.39 is 0 Å². The van der Waals surface area contributed by atoms with E-state index in [1.807, 2.05) is 18.2 Å². The van der Waals surface area contributed by atoms with Crippen LogP contribution >= 0.6 is 0 Å². The Morgan fingerprint density at radius 2 is 1.29 bits per heavy atom. The van der Waals surface area contributed by atoms with Crippen molar-refractivity contribution in [1.29, 1.82) is 0 Å². The highest BCUT2D eigenvalue weighted by Crippen LogP contribution is 2.26. The number of aryl methyl sites for hydroxylation is 4. The van der Waals surface area contributed by atoms with Crippen molar-refractivity contribution in [2.24, 2.45) is 0 Å². The van der Waals surface area contributed by atoms with Crippen molar-refractivity contribution in [2.45, 2.75) is 72.9 Å². The SMILES string of the molecule is Cc1cc(C)cc(CN(CCCC[N+]2(Cc3cc(C)cc(C)c3)CCCCC2)C(=O)c2ccc3ccccc3c2)c1.[Br-]. The van der Waals surface area contributed by atoms with Crippen LogP contribution in [0.3, 0.4) is 0 Å². The van der Waals surface area contributed by atoms with Crippen LogP contribution < -0.4 is 17.0 Å². The third kappa shape index (κ3) is 8.33. The molecular weight excluding hydrogens is 580 g/mol. The van der Waals surface area contributed by atoms with Crippen LogP contribution in [-0.4, -0.2) is 41.5 Å². The molecule has 4 aromatic carbocycles. The average Bonchev–Trinajstić information content (AvgIpc) is 2.93. The summed E-state index contributed by atoms with van der Waals surface area (Å²) in [7, 11) is 0. The summed E-state index contributed by atoms with van der Waals surface area (Å²) in [5, 5.41) is 2.29. The standard InChI is InChI=1S/C38H47N2O.BrH/c1-29-20-30(2)23-33(22-29)27-39(38(41)37-15-14-35-12-6-7-13-36(35)26-37)16-8-11-19-40(17-9-5-10-18-40)28-34-24-31(3)21-32(4)25-34;/h6-7,12-15,20-26H,5,8-11,16-19,27-28H2,1-4H3;1H/q+1;/p-1. The lowest BCUT2D eigenvalue weighted by Crippen LogP contribution is -3.00. The number of quaternary nitrogens is 1. The number of carbonyl (C=O) groups excluding carboxylic acids is 1. The van der Waals surface area contributed by atoms with E-state index >= 15 is 0 Å². The zero-order chi connectivity index (χ0) is 28.8. The molecule has 0 aromatic heterocycles. The van der Waals surface area contributed by atoms with E-state index in [0.29, 0.717) is 6.54 Å². The van der Waals surface area contributed by atoms with Crippen molar-refractivity contribution in [3.63, 3.8) is 0 Å². The number of piperidine rings is 1. The van der Waals surface area contributed by atoms with Gasteiger partial charge in [0.15, 0.2) is 0 Å². The van der Waals surface area contributed by atoms with Crippen molar-refractivity contribution >= 4 is 16.7 Å². The van der Waals surface area contributed by atoms with Crippen LogP contribution in [0.1, 0.15) is 75.8 Å². The Kier molecular flexibility index (Phi) is 11.0. The molecule has 0 bridgehead atoms. The summed E-state index contributed by atoms with van der Waals surface area (Å²) >= 11 is 0. The van der Waals surface area contributed by atoms with Gasteiger partial charge in [-0.05, 0) is 88.3 Å². The lowest BCUT2D eigenvalue weighted by atomic mass is 10.0. The molecule has 42 heavy (non-hydrogen) atoms. The topological polar surface area (TPSA) is 20.3 Å². The summed E-state index contributed by atoms with van der Waals surface area (Å²) in [6.07, 6.45) is 6.17. The second-order valence-electron chi connectivity index (χ2n) is 12.7. The zero-order valence-corrected chi connectivity index (χ0v) is 27.6. The zero-order valence-electron chi connectivity index (χ0n) is 26.0. The first-order valence-electron chi connectivity index (χ1n) is 15.6. The second kappa shape index (κ2) is 14.5. The number of fused-ring (bicyclic) bond motifs is 1. The molecule has 0 saturated carbocycles. The molecule has 1 aliphatic rings. The first-order valence-corrected chi connectivity index (χ1v) is 15.6. The Hall–Kier alpha value is -2.95. The fraction of sp³-hybridized carbons (Fsp3) is 0.395. The average molecular weight is 628 g/mol. The molecule has 0 unspecified atom stereocenters. The third-order valence-electron chi connectivity index (χ3n) is 8.81. The van der Waals surface area contributed by atoms with Crippen LogP contribution in [0.4, 0.5) is 0 Å². The number of unbranched alkanes of at least 4 members (excludes halogenated alkanes) is 1. The van der Waals surface area contributed by atoms with Gasteiger partial charge >= 0.3 is 0 Å². The van der Waals surface area contributed by atoms with Crippen LogP contribution in [0.25, 0.3) is 10.8 Å². The van der Waals surface area contributed by atoms with Gasteiger partial charge < -0.3 is 26.4 Å². The van der Waals surface area contributed by atoms with Crippen LogP contribution in [-0.2, 0) is 13.1 Å². The smallest absolute Gasteiger partial charge is 0.254 e. The first-order chi connectivity index (χ1) is 19.8. The summed E-state index contributed by atoms with van der Waals surface area (Å²) < 4.78 is 1.19. The highest BCUT2D eigenvalue weighted by molar-refractivity contribution is 5.98. The van der Waals surface area contributed by atoms with Crippen molar-refractivity contribution in [3.05, 3.63) is 118 Å². The number of carbonyl (C=O) groups is 1. The highest BCUT2D eigenvalue weighted by atomic mass is 79.9. The first kappa shape index (κ1) is 32.0. The number of rotatable bonds is 10. The number of hydrogen-bond donors (Lipinski definition) is 0. The normalized spacial score (nSPS) is 14.4. The number of amides is 1. The molecule has 1 heterocycles. The summed E-state index contributed by atoms with van der Waals surface area (Å²) in [5.41, 5.74) is 8.71. The molecule has 4 heteroatoms. The number of hydrogen-bond acceptors (Lipinski definition) is 1. The van der Waals surface area contributed by atoms with Gasteiger partial charge in [0, 0.05) is 24.2 Å². The minimum atomic E-state index is 0. The predicted octanol–water partition coefficient (Wildman–Crippen LogP) is 5.70. The van der Waals surface area contributed by atoms with Crippen molar-refractivity contribution < 1.29 is 26.3 Å². The molecule has 1 aliphatic heterocycles. The second-order valence-corrected chi connectivity index (χ2v) is 12.7. The Bertz CT molecular complexity index is 1460. The molecule has 0 N–H and O–H groups in total. The van der Waals surface area contributed by atoms with E-state index in [9.17, 15) is 4.79 Å². The van der Waals surface area contributed by atoms with Crippen LogP contribution in [0.5, 0.6) is 0 Å². The van der Waals surface area contributed by atoms with Gasteiger partial charge in [-0.25, -0.2) is 0 Å². The van der Waals surface area contributed by atoms with Gasteiger partial charge in [-0.2, -0.15) is 0 Å². The Labute approximate surface area is 263 Å². The van der Waals surface area contributed by atoms with E-state index in [4.69, 9.17) is 0 Å². The molecule has 0 radical (unpaired) electrons. The van der Waals surface area contributed by atoms with E-state index in [0.717, 1.165) is 36.9 Å². The summed E-state index contributed by atoms with van der Waals surface area (Å²) in [5.74, 6) is 0.131. The molecular formula is C38H47BrN2O. The maximum absolute atomic E-state index is 13.9. The molecule has 0 spiro atoms.